The molecule has 0 bridgehead atoms. The average molecular weight is 277 g/mol. The van der Waals surface area contributed by atoms with Crippen LogP contribution in [0.15, 0.2) is 24.3 Å². The van der Waals surface area contributed by atoms with Gasteiger partial charge in [0.25, 0.3) is 0 Å². The standard InChI is InChI=1S/C17H27NO2/c1-13(2)11-15-5-7-16(8-6-15)12-17(20)18(4)10-9-14(3)19/h5-8,13-14,19H,9-12H2,1-4H3. The first kappa shape index (κ1) is 16.7. The van der Waals surface area contributed by atoms with Gasteiger partial charge >= 0.3 is 0 Å². The maximum absolute atomic E-state index is 12.0. The maximum Gasteiger partial charge on any atom is 0.226 e. The summed E-state index contributed by atoms with van der Waals surface area (Å²) in [6.07, 6.45) is 1.76. The van der Waals surface area contributed by atoms with Crippen molar-refractivity contribution in [1.29, 1.82) is 0 Å². The molecule has 0 fully saturated rings. The minimum Gasteiger partial charge on any atom is -0.393 e. The molecule has 1 amide bonds. The lowest BCUT2D eigenvalue weighted by Gasteiger charge is -2.18. The molecule has 1 rings (SSSR count). The number of likely N-dealkylation sites (N-methyl/N-ethyl adjacent to an activating group) is 1. The van der Waals surface area contributed by atoms with Crippen LogP contribution in [0.4, 0.5) is 0 Å². The molecule has 1 N–H and O–H groups in total. The molecule has 1 unspecified atom stereocenters. The van der Waals surface area contributed by atoms with Gasteiger partial charge in [-0.25, -0.2) is 0 Å². The van der Waals surface area contributed by atoms with E-state index < -0.39 is 0 Å². The summed E-state index contributed by atoms with van der Waals surface area (Å²) in [7, 11) is 1.79. The van der Waals surface area contributed by atoms with E-state index in [0.717, 1.165) is 12.0 Å². The minimum atomic E-state index is -0.361. The molecule has 112 valence electrons. The molecule has 0 aliphatic carbocycles. The Morgan fingerprint density at radius 3 is 2.20 bits per heavy atom. The SMILES string of the molecule is CC(C)Cc1ccc(CC(=O)N(C)CCC(C)O)cc1. The van der Waals surface area contributed by atoms with Gasteiger partial charge in [-0.05, 0) is 36.8 Å². The van der Waals surface area contributed by atoms with E-state index in [2.05, 4.69) is 26.0 Å². The predicted molar refractivity (Wildman–Crippen MR) is 82.6 cm³/mol. The van der Waals surface area contributed by atoms with E-state index in [0.29, 0.717) is 25.3 Å². The van der Waals surface area contributed by atoms with Crippen molar-refractivity contribution in [2.45, 2.75) is 46.1 Å². The lowest BCUT2D eigenvalue weighted by Crippen LogP contribution is -2.30. The molecule has 3 nitrogen and oxygen atoms in total. The molecule has 0 aliphatic rings. The fraction of sp³-hybridized carbons (Fsp3) is 0.588. The Morgan fingerprint density at radius 1 is 1.15 bits per heavy atom. The Labute approximate surface area is 122 Å². The number of amides is 1. The van der Waals surface area contributed by atoms with Crippen molar-refractivity contribution in [1.82, 2.24) is 4.90 Å². The van der Waals surface area contributed by atoms with Crippen LogP contribution in [-0.2, 0) is 17.6 Å². The van der Waals surface area contributed by atoms with E-state index in [1.807, 2.05) is 12.1 Å². The molecule has 1 atom stereocenters. The maximum atomic E-state index is 12.0. The molecule has 0 heterocycles. The summed E-state index contributed by atoms with van der Waals surface area (Å²) in [5.74, 6) is 0.747. The first-order chi connectivity index (χ1) is 9.38. The highest BCUT2D eigenvalue weighted by Gasteiger charge is 2.10. The van der Waals surface area contributed by atoms with E-state index in [1.165, 1.54) is 5.56 Å². The Kier molecular flexibility index (Phi) is 6.73. The van der Waals surface area contributed by atoms with Gasteiger partial charge in [-0.2, -0.15) is 0 Å². The third-order valence-corrected chi connectivity index (χ3v) is 3.33. The highest BCUT2D eigenvalue weighted by molar-refractivity contribution is 5.78. The Balaban J connectivity index is 2.49. The molecule has 20 heavy (non-hydrogen) atoms. The molecular weight excluding hydrogens is 250 g/mol. The van der Waals surface area contributed by atoms with Crippen LogP contribution in [0.5, 0.6) is 0 Å². The number of benzene rings is 1. The van der Waals surface area contributed by atoms with E-state index in [9.17, 15) is 9.90 Å². The van der Waals surface area contributed by atoms with E-state index in [1.54, 1.807) is 18.9 Å². The van der Waals surface area contributed by atoms with Crippen molar-refractivity contribution in [3.8, 4) is 0 Å². The quantitative estimate of drug-likeness (QED) is 0.832. The van der Waals surface area contributed by atoms with Gasteiger partial charge in [0.2, 0.25) is 5.91 Å². The monoisotopic (exact) mass is 277 g/mol. The highest BCUT2D eigenvalue weighted by atomic mass is 16.3. The first-order valence-corrected chi connectivity index (χ1v) is 7.38. The molecule has 0 radical (unpaired) electrons. The van der Waals surface area contributed by atoms with Crippen LogP contribution in [0.3, 0.4) is 0 Å². The van der Waals surface area contributed by atoms with Gasteiger partial charge in [-0.15, -0.1) is 0 Å². The Hall–Kier alpha value is -1.35. The van der Waals surface area contributed by atoms with Gasteiger partial charge < -0.3 is 10.0 Å². The second-order valence-electron chi connectivity index (χ2n) is 6.04. The number of nitrogens with zero attached hydrogens (tertiary/aromatic N) is 1. The minimum absolute atomic E-state index is 0.0993. The van der Waals surface area contributed by atoms with Crippen LogP contribution >= 0.6 is 0 Å². The molecule has 1 aromatic carbocycles. The van der Waals surface area contributed by atoms with Crippen LogP contribution in [0.1, 0.15) is 38.3 Å². The molecular formula is C17H27NO2. The molecule has 0 aromatic heterocycles. The van der Waals surface area contributed by atoms with Crippen molar-refractivity contribution < 1.29 is 9.90 Å². The lowest BCUT2D eigenvalue weighted by molar-refractivity contribution is -0.129. The summed E-state index contributed by atoms with van der Waals surface area (Å²) in [5, 5.41) is 9.24. The topological polar surface area (TPSA) is 40.5 Å². The summed E-state index contributed by atoms with van der Waals surface area (Å²) < 4.78 is 0. The number of hydrogen-bond acceptors (Lipinski definition) is 2. The Bertz CT molecular complexity index is 410. The summed E-state index contributed by atoms with van der Waals surface area (Å²) >= 11 is 0. The fourth-order valence-corrected chi connectivity index (χ4v) is 2.08. The van der Waals surface area contributed by atoms with Gasteiger partial charge in [-0.3, -0.25) is 4.79 Å². The zero-order valence-electron chi connectivity index (χ0n) is 13.1. The van der Waals surface area contributed by atoms with Gasteiger partial charge in [0.15, 0.2) is 0 Å². The molecule has 3 heteroatoms. The zero-order valence-corrected chi connectivity index (χ0v) is 13.1. The van der Waals surface area contributed by atoms with E-state index in [-0.39, 0.29) is 12.0 Å². The highest BCUT2D eigenvalue weighted by Crippen LogP contribution is 2.11. The number of hydrogen-bond donors (Lipinski definition) is 1. The summed E-state index contributed by atoms with van der Waals surface area (Å²) in [4.78, 5) is 13.7. The lowest BCUT2D eigenvalue weighted by atomic mass is 10.0. The zero-order chi connectivity index (χ0) is 15.1. The van der Waals surface area contributed by atoms with Crippen molar-refractivity contribution >= 4 is 5.91 Å². The number of carbonyl (C=O) groups excluding carboxylic acids is 1. The largest absolute Gasteiger partial charge is 0.393 e. The third-order valence-electron chi connectivity index (χ3n) is 3.33. The smallest absolute Gasteiger partial charge is 0.226 e. The average Bonchev–Trinajstić information content (AvgIpc) is 2.37. The van der Waals surface area contributed by atoms with Gasteiger partial charge in [0.05, 0.1) is 12.5 Å². The number of aliphatic hydroxyl groups excluding tert-OH is 1. The Morgan fingerprint density at radius 2 is 1.70 bits per heavy atom. The molecule has 0 saturated heterocycles. The second kappa shape index (κ2) is 8.05. The van der Waals surface area contributed by atoms with Crippen molar-refractivity contribution in [2.75, 3.05) is 13.6 Å². The van der Waals surface area contributed by atoms with Crippen LogP contribution in [0, 0.1) is 5.92 Å². The van der Waals surface area contributed by atoms with Gasteiger partial charge in [0.1, 0.15) is 0 Å². The summed E-state index contributed by atoms with van der Waals surface area (Å²) in [6.45, 7) is 6.75. The molecule has 0 saturated carbocycles. The second-order valence-corrected chi connectivity index (χ2v) is 6.04. The van der Waals surface area contributed by atoms with Gasteiger partial charge in [0, 0.05) is 13.6 Å². The first-order valence-electron chi connectivity index (χ1n) is 7.38. The number of rotatable bonds is 7. The number of carbonyl (C=O) groups is 1. The van der Waals surface area contributed by atoms with Crippen LogP contribution in [0.25, 0.3) is 0 Å². The van der Waals surface area contributed by atoms with E-state index in [4.69, 9.17) is 0 Å². The van der Waals surface area contributed by atoms with Crippen LogP contribution < -0.4 is 0 Å². The van der Waals surface area contributed by atoms with Crippen molar-refractivity contribution in [2.24, 2.45) is 5.92 Å². The summed E-state index contributed by atoms with van der Waals surface area (Å²) in [5.41, 5.74) is 2.37. The molecule has 0 aliphatic heterocycles. The van der Waals surface area contributed by atoms with Crippen molar-refractivity contribution in [3.63, 3.8) is 0 Å². The summed E-state index contributed by atoms with van der Waals surface area (Å²) in [6, 6.07) is 8.30. The molecule has 0 spiro atoms. The van der Waals surface area contributed by atoms with Gasteiger partial charge in [-0.1, -0.05) is 38.1 Å². The molecule has 1 aromatic rings. The third kappa shape index (κ3) is 6.20. The normalized spacial score (nSPS) is 12.5. The number of aliphatic hydroxyl groups is 1. The fourth-order valence-electron chi connectivity index (χ4n) is 2.08. The van der Waals surface area contributed by atoms with E-state index >= 15 is 0 Å². The van der Waals surface area contributed by atoms with Crippen LogP contribution in [0.2, 0.25) is 0 Å². The van der Waals surface area contributed by atoms with Crippen LogP contribution in [-0.4, -0.2) is 35.6 Å². The van der Waals surface area contributed by atoms with Crippen molar-refractivity contribution in [3.05, 3.63) is 35.4 Å². The predicted octanol–water partition coefficient (Wildman–Crippen LogP) is 2.66.